The average molecular weight is 345 g/mol. The number of carbonyl (C=O) groups excluding carboxylic acids is 1. The second-order valence-electron chi connectivity index (χ2n) is 6.80. The van der Waals surface area contributed by atoms with E-state index in [1.807, 2.05) is 30.3 Å². The third-order valence-electron chi connectivity index (χ3n) is 5.07. The van der Waals surface area contributed by atoms with Gasteiger partial charge < -0.3 is 10.1 Å². The van der Waals surface area contributed by atoms with E-state index in [0.29, 0.717) is 6.54 Å². The van der Waals surface area contributed by atoms with Crippen LogP contribution < -0.4 is 10.1 Å². The summed E-state index contributed by atoms with van der Waals surface area (Å²) in [6, 6.07) is 20.5. The molecule has 26 heavy (non-hydrogen) atoms. The van der Waals surface area contributed by atoms with Gasteiger partial charge >= 0.3 is 0 Å². The molecule has 1 N–H and O–H groups in total. The second-order valence-corrected chi connectivity index (χ2v) is 6.80. The highest BCUT2D eigenvalue weighted by molar-refractivity contribution is 5.86. The molecule has 0 aromatic heterocycles. The summed E-state index contributed by atoms with van der Waals surface area (Å²) >= 11 is 0. The van der Waals surface area contributed by atoms with Gasteiger partial charge in [-0.1, -0.05) is 54.6 Å². The molecule has 0 aliphatic heterocycles. The fourth-order valence-electron chi connectivity index (χ4n) is 3.72. The Morgan fingerprint density at radius 1 is 0.923 bits per heavy atom. The van der Waals surface area contributed by atoms with Crippen molar-refractivity contribution in [3.05, 3.63) is 77.4 Å². The molecule has 3 nitrogen and oxygen atoms in total. The number of fused-ring (bicyclic) bond motifs is 2. The molecule has 3 heteroatoms. The quantitative estimate of drug-likeness (QED) is 0.744. The van der Waals surface area contributed by atoms with E-state index in [1.165, 1.54) is 34.7 Å². The smallest absolute Gasteiger partial charge is 0.258 e. The molecule has 1 aliphatic carbocycles. The van der Waals surface area contributed by atoms with Crippen molar-refractivity contribution in [3.8, 4) is 5.75 Å². The van der Waals surface area contributed by atoms with E-state index in [4.69, 9.17) is 4.74 Å². The highest BCUT2D eigenvalue weighted by Gasteiger charge is 2.14. The van der Waals surface area contributed by atoms with Gasteiger partial charge in [-0.25, -0.2) is 0 Å². The maximum absolute atomic E-state index is 12.3. The van der Waals surface area contributed by atoms with Crippen LogP contribution in [0.3, 0.4) is 0 Å². The molecule has 0 radical (unpaired) electrons. The fraction of sp³-hybridized carbons (Fsp3) is 0.261. The van der Waals surface area contributed by atoms with Gasteiger partial charge in [0.15, 0.2) is 6.61 Å². The Morgan fingerprint density at radius 3 is 2.69 bits per heavy atom. The van der Waals surface area contributed by atoms with Gasteiger partial charge in [0.05, 0.1) is 0 Å². The summed E-state index contributed by atoms with van der Waals surface area (Å²) in [6.07, 6.45) is 4.59. The molecule has 132 valence electrons. The summed E-state index contributed by atoms with van der Waals surface area (Å²) in [7, 11) is 0. The van der Waals surface area contributed by atoms with Crippen molar-refractivity contribution in [1.29, 1.82) is 0 Å². The topological polar surface area (TPSA) is 38.3 Å². The Kier molecular flexibility index (Phi) is 4.87. The Bertz CT molecular complexity index is 927. The predicted octanol–water partition coefficient (Wildman–Crippen LogP) is 4.41. The largest absolute Gasteiger partial charge is 0.483 e. The first-order valence-corrected chi connectivity index (χ1v) is 9.28. The molecule has 3 aromatic rings. The van der Waals surface area contributed by atoms with E-state index in [9.17, 15) is 4.79 Å². The van der Waals surface area contributed by atoms with Gasteiger partial charge in [-0.15, -0.1) is 0 Å². The van der Waals surface area contributed by atoms with Crippen molar-refractivity contribution >= 4 is 16.7 Å². The Labute approximate surface area is 154 Å². The summed E-state index contributed by atoms with van der Waals surface area (Å²) in [5.74, 6) is 0.772. The Balaban J connectivity index is 1.38. The maximum Gasteiger partial charge on any atom is 0.258 e. The number of rotatable bonds is 5. The van der Waals surface area contributed by atoms with Gasteiger partial charge in [0.1, 0.15) is 5.75 Å². The first-order valence-electron chi connectivity index (χ1n) is 9.28. The summed E-state index contributed by atoms with van der Waals surface area (Å²) in [5.41, 5.74) is 3.76. The standard InChI is InChI=1S/C23H23NO2/c25-23(16-26-22-14-6-10-18-8-2-4-13-21(18)22)24-15-19-11-5-9-17-7-1-3-12-20(17)19/h1,3,5-7,9-12,14H,2,4,8,13,15-16H2,(H,24,25). The van der Waals surface area contributed by atoms with E-state index in [2.05, 4.69) is 35.6 Å². The van der Waals surface area contributed by atoms with Crippen LogP contribution in [-0.2, 0) is 24.2 Å². The minimum absolute atomic E-state index is 0.0568. The minimum Gasteiger partial charge on any atom is -0.483 e. The van der Waals surface area contributed by atoms with E-state index < -0.39 is 0 Å². The lowest BCUT2D eigenvalue weighted by molar-refractivity contribution is -0.123. The van der Waals surface area contributed by atoms with Crippen molar-refractivity contribution in [2.75, 3.05) is 6.61 Å². The molecule has 0 saturated heterocycles. The van der Waals surface area contributed by atoms with E-state index in [-0.39, 0.29) is 12.5 Å². The number of hydrogen-bond acceptors (Lipinski definition) is 2. The molecule has 0 fully saturated rings. The maximum atomic E-state index is 12.3. The van der Waals surface area contributed by atoms with Gasteiger partial charge in [0.25, 0.3) is 5.91 Å². The van der Waals surface area contributed by atoms with Crippen molar-refractivity contribution in [2.45, 2.75) is 32.2 Å². The van der Waals surface area contributed by atoms with Gasteiger partial charge in [-0.3, -0.25) is 4.79 Å². The van der Waals surface area contributed by atoms with Crippen LogP contribution in [-0.4, -0.2) is 12.5 Å². The molecular formula is C23H23NO2. The van der Waals surface area contributed by atoms with Crippen LogP contribution in [0.15, 0.2) is 60.7 Å². The average Bonchev–Trinajstić information content (AvgIpc) is 2.70. The number of amides is 1. The highest BCUT2D eigenvalue weighted by atomic mass is 16.5. The summed E-state index contributed by atoms with van der Waals surface area (Å²) in [5, 5.41) is 5.34. The molecule has 0 bridgehead atoms. The highest BCUT2D eigenvalue weighted by Crippen LogP contribution is 2.29. The summed E-state index contributed by atoms with van der Waals surface area (Å²) in [6.45, 7) is 0.567. The first kappa shape index (κ1) is 16.6. The lowest BCUT2D eigenvalue weighted by atomic mass is 9.91. The number of aryl methyl sites for hydroxylation is 1. The van der Waals surface area contributed by atoms with Crippen LogP contribution in [0.2, 0.25) is 0 Å². The Morgan fingerprint density at radius 2 is 1.73 bits per heavy atom. The second kappa shape index (κ2) is 7.61. The van der Waals surface area contributed by atoms with E-state index in [0.717, 1.165) is 24.2 Å². The fourth-order valence-corrected chi connectivity index (χ4v) is 3.72. The van der Waals surface area contributed by atoms with Crippen LogP contribution in [0.5, 0.6) is 5.75 Å². The number of ether oxygens (including phenoxy) is 1. The van der Waals surface area contributed by atoms with E-state index in [1.54, 1.807) is 0 Å². The van der Waals surface area contributed by atoms with Crippen LogP contribution in [0.1, 0.15) is 29.5 Å². The minimum atomic E-state index is -0.0913. The zero-order chi connectivity index (χ0) is 17.8. The van der Waals surface area contributed by atoms with Crippen LogP contribution in [0.25, 0.3) is 10.8 Å². The van der Waals surface area contributed by atoms with Gasteiger partial charge in [0, 0.05) is 6.54 Å². The molecule has 0 atom stereocenters. The van der Waals surface area contributed by atoms with E-state index >= 15 is 0 Å². The Hall–Kier alpha value is -2.81. The zero-order valence-electron chi connectivity index (χ0n) is 14.8. The number of hydrogen-bond donors (Lipinski definition) is 1. The molecule has 1 aliphatic rings. The molecule has 4 rings (SSSR count). The van der Waals surface area contributed by atoms with Crippen molar-refractivity contribution in [1.82, 2.24) is 5.32 Å². The third kappa shape index (κ3) is 3.57. The first-order chi connectivity index (χ1) is 12.8. The molecule has 0 saturated carbocycles. The molecule has 0 spiro atoms. The molecule has 3 aromatic carbocycles. The van der Waals surface area contributed by atoms with Crippen molar-refractivity contribution in [3.63, 3.8) is 0 Å². The third-order valence-corrected chi connectivity index (χ3v) is 5.07. The summed E-state index contributed by atoms with van der Waals surface area (Å²) in [4.78, 5) is 12.3. The van der Waals surface area contributed by atoms with Gasteiger partial charge in [0.2, 0.25) is 0 Å². The van der Waals surface area contributed by atoms with Gasteiger partial charge in [-0.2, -0.15) is 0 Å². The SMILES string of the molecule is O=C(COc1cccc2c1CCCC2)NCc1cccc2ccccc12. The van der Waals surface area contributed by atoms with Gasteiger partial charge in [-0.05, 0) is 59.2 Å². The predicted molar refractivity (Wildman–Crippen MR) is 104 cm³/mol. The van der Waals surface area contributed by atoms with Crippen molar-refractivity contribution < 1.29 is 9.53 Å². The summed E-state index contributed by atoms with van der Waals surface area (Å²) < 4.78 is 5.83. The van der Waals surface area contributed by atoms with Crippen LogP contribution >= 0.6 is 0 Å². The number of benzene rings is 3. The zero-order valence-corrected chi connectivity index (χ0v) is 14.8. The number of carbonyl (C=O) groups is 1. The number of nitrogens with one attached hydrogen (secondary N) is 1. The van der Waals surface area contributed by atoms with Crippen LogP contribution in [0, 0.1) is 0 Å². The molecular weight excluding hydrogens is 322 g/mol. The normalized spacial score (nSPS) is 13.2. The molecule has 0 unspecified atom stereocenters. The monoisotopic (exact) mass is 345 g/mol. The lowest BCUT2D eigenvalue weighted by Crippen LogP contribution is -2.28. The lowest BCUT2D eigenvalue weighted by Gasteiger charge is -2.19. The van der Waals surface area contributed by atoms with Crippen molar-refractivity contribution in [2.24, 2.45) is 0 Å². The molecule has 0 heterocycles. The molecule has 1 amide bonds. The van der Waals surface area contributed by atoms with Crippen LogP contribution in [0.4, 0.5) is 0 Å².